The van der Waals surface area contributed by atoms with Gasteiger partial charge in [-0.2, -0.15) is 0 Å². The summed E-state index contributed by atoms with van der Waals surface area (Å²) in [7, 11) is 1.67. The number of aromatic nitrogens is 2. The first-order valence-corrected chi connectivity index (χ1v) is 13.1. The average molecular weight is 495 g/mol. The maximum absolute atomic E-state index is 13.3. The highest BCUT2D eigenvalue weighted by atomic mass is 16.5. The molecule has 0 bridgehead atoms. The molecule has 1 atom stereocenters. The second-order valence-electron chi connectivity index (χ2n) is 9.92. The van der Waals surface area contributed by atoms with Crippen molar-refractivity contribution in [3.63, 3.8) is 0 Å². The van der Waals surface area contributed by atoms with Gasteiger partial charge in [0.25, 0.3) is 0 Å². The molecule has 3 N–H and O–H groups in total. The van der Waals surface area contributed by atoms with E-state index in [1.165, 1.54) is 0 Å². The fourth-order valence-corrected chi connectivity index (χ4v) is 5.33. The molecule has 0 saturated heterocycles. The zero-order valence-electron chi connectivity index (χ0n) is 21.3. The second kappa shape index (κ2) is 11.5. The van der Waals surface area contributed by atoms with Gasteiger partial charge in [-0.05, 0) is 91.6 Å². The number of carbonyl (C=O) groups excluding carboxylic acids is 1. The van der Waals surface area contributed by atoms with E-state index in [-0.39, 0.29) is 17.9 Å². The summed E-state index contributed by atoms with van der Waals surface area (Å²) < 4.78 is 5.56. The number of methoxy groups -OCH3 is 1. The number of hydrogen-bond acceptors (Lipinski definition) is 5. The monoisotopic (exact) mass is 494 g/mol. The zero-order chi connectivity index (χ0) is 25.6. The summed E-state index contributed by atoms with van der Waals surface area (Å²) in [5.41, 5.74) is 10.8. The van der Waals surface area contributed by atoms with Gasteiger partial charge in [-0.3, -0.25) is 14.8 Å². The lowest BCUT2D eigenvalue weighted by molar-refractivity contribution is -0.127. The number of carbonyl (C=O) groups is 1. The molecule has 1 amide bonds. The number of amides is 1. The quantitative estimate of drug-likeness (QED) is 0.339. The van der Waals surface area contributed by atoms with Crippen molar-refractivity contribution in [3.05, 3.63) is 90.4 Å². The fraction of sp³-hybridized carbons (Fsp3) is 0.323. The van der Waals surface area contributed by atoms with Gasteiger partial charge in [-0.15, -0.1) is 0 Å². The minimum atomic E-state index is -0.223. The number of ether oxygens (including phenoxy) is 1. The maximum Gasteiger partial charge on any atom is 0.223 e. The summed E-state index contributed by atoms with van der Waals surface area (Å²) in [4.78, 5) is 22.5. The van der Waals surface area contributed by atoms with Crippen LogP contribution in [0.15, 0.2) is 79.1 Å². The Morgan fingerprint density at radius 2 is 1.73 bits per heavy atom. The summed E-state index contributed by atoms with van der Waals surface area (Å²) in [6.45, 7) is 0.707. The second-order valence-corrected chi connectivity index (χ2v) is 9.92. The first-order chi connectivity index (χ1) is 18.1. The van der Waals surface area contributed by atoms with Gasteiger partial charge in [0.05, 0.1) is 24.4 Å². The first-order valence-electron chi connectivity index (χ1n) is 13.1. The highest BCUT2D eigenvalue weighted by molar-refractivity contribution is 5.89. The van der Waals surface area contributed by atoms with Gasteiger partial charge < -0.3 is 15.8 Å². The van der Waals surface area contributed by atoms with Crippen molar-refractivity contribution in [1.82, 2.24) is 15.3 Å². The highest BCUT2D eigenvalue weighted by Crippen LogP contribution is 2.32. The molecule has 0 spiro atoms. The van der Waals surface area contributed by atoms with E-state index in [9.17, 15) is 4.79 Å². The number of pyridine rings is 2. The molecular weight excluding hydrogens is 460 g/mol. The fourth-order valence-electron chi connectivity index (χ4n) is 5.33. The average Bonchev–Trinajstić information content (AvgIpc) is 2.96. The van der Waals surface area contributed by atoms with E-state index >= 15 is 0 Å². The zero-order valence-corrected chi connectivity index (χ0v) is 21.3. The van der Waals surface area contributed by atoms with Crippen molar-refractivity contribution in [3.8, 4) is 16.9 Å². The summed E-state index contributed by atoms with van der Waals surface area (Å²) >= 11 is 0. The Balaban J connectivity index is 1.43. The van der Waals surface area contributed by atoms with Crippen LogP contribution in [0.5, 0.6) is 5.75 Å². The molecule has 0 radical (unpaired) electrons. The summed E-state index contributed by atoms with van der Waals surface area (Å²) in [6.07, 6.45) is 8.09. The predicted molar refractivity (Wildman–Crippen MR) is 147 cm³/mol. The van der Waals surface area contributed by atoms with E-state index in [0.717, 1.165) is 64.7 Å². The Bertz CT molecular complexity index is 1350. The Morgan fingerprint density at radius 3 is 2.49 bits per heavy atom. The lowest BCUT2D eigenvalue weighted by atomic mass is 9.81. The van der Waals surface area contributed by atoms with Crippen molar-refractivity contribution < 1.29 is 9.53 Å². The van der Waals surface area contributed by atoms with Gasteiger partial charge in [-0.25, -0.2) is 0 Å². The molecule has 1 aliphatic carbocycles. The molecule has 1 fully saturated rings. The number of nitrogens with one attached hydrogen (secondary N) is 1. The smallest absolute Gasteiger partial charge is 0.223 e. The van der Waals surface area contributed by atoms with Crippen molar-refractivity contribution in [2.45, 2.75) is 38.1 Å². The maximum atomic E-state index is 13.3. The molecule has 0 aliphatic heterocycles. The van der Waals surface area contributed by atoms with Crippen LogP contribution in [0.3, 0.4) is 0 Å². The third-order valence-corrected chi connectivity index (χ3v) is 7.54. The molecule has 1 aliphatic rings. The van der Waals surface area contributed by atoms with Gasteiger partial charge in [0.2, 0.25) is 5.91 Å². The largest absolute Gasteiger partial charge is 0.496 e. The molecule has 4 aromatic rings. The molecule has 5 rings (SSSR count). The van der Waals surface area contributed by atoms with Crippen molar-refractivity contribution >= 4 is 16.8 Å². The minimum absolute atomic E-state index is 0.0321. The van der Waals surface area contributed by atoms with Crippen LogP contribution < -0.4 is 15.8 Å². The van der Waals surface area contributed by atoms with Crippen LogP contribution in [-0.2, 0) is 11.2 Å². The van der Waals surface area contributed by atoms with Crippen molar-refractivity contribution in [2.24, 2.45) is 17.6 Å². The summed E-state index contributed by atoms with van der Waals surface area (Å²) in [6, 6.07) is 22.2. The van der Waals surface area contributed by atoms with Gasteiger partial charge in [0.1, 0.15) is 5.75 Å². The third-order valence-electron chi connectivity index (χ3n) is 7.54. The molecule has 2 heterocycles. The van der Waals surface area contributed by atoms with Crippen LogP contribution in [-0.4, -0.2) is 29.5 Å². The lowest BCUT2D eigenvalue weighted by Gasteiger charge is -2.28. The SMILES string of the molecule is COc1ccnc2ccc(-c3ccnc(C(Cc4ccccc4)NC(=O)C4CCC(CN)CC4)c3)cc12. The van der Waals surface area contributed by atoms with Crippen LogP contribution in [0.2, 0.25) is 0 Å². The Labute approximate surface area is 218 Å². The highest BCUT2D eigenvalue weighted by Gasteiger charge is 2.28. The van der Waals surface area contributed by atoms with Crippen LogP contribution in [0.25, 0.3) is 22.0 Å². The van der Waals surface area contributed by atoms with Crippen LogP contribution >= 0.6 is 0 Å². The molecule has 1 unspecified atom stereocenters. The minimum Gasteiger partial charge on any atom is -0.496 e. The van der Waals surface area contributed by atoms with Crippen molar-refractivity contribution in [1.29, 1.82) is 0 Å². The van der Waals surface area contributed by atoms with Gasteiger partial charge in [-0.1, -0.05) is 36.4 Å². The van der Waals surface area contributed by atoms with Gasteiger partial charge in [0.15, 0.2) is 0 Å². The van der Waals surface area contributed by atoms with Crippen LogP contribution in [0.1, 0.15) is 43.0 Å². The van der Waals surface area contributed by atoms with Crippen molar-refractivity contribution in [2.75, 3.05) is 13.7 Å². The molecule has 6 nitrogen and oxygen atoms in total. The first kappa shape index (κ1) is 24.9. The van der Waals surface area contributed by atoms with E-state index in [1.807, 2.05) is 42.6 Å². The molecule has 2 aromatic heterocycles. The topological polar surface area (TPSA) is 90.1 Å². The molecule has 2 aromatic carbocycles. The van der Waals surface area contributed by atoms with Gasteiger partial charge >= 0.3 is 0 Å². The number of nitrogens with two attached hydrogens (primary N) is 1. The van der Waals surface area contributed by atoms with Crippen LogP contribution in [0, 0.1) is 11.8 Å². The van der Waals surface area contributed by atoms with E-state index in [0.29, 0.717) is 18.9 Å². The predicted octanol–water partition coefficient (Wildman–Crippen LogP) is 5.47. The van der Waals surface area contributed by atoms with E-state index in [4.69, 9.17) is 15.5 Å². The molecule has 37 heavy (non-hydrogen) atoms. The lowest BCUT2D eigenvalue weighted by Crippen LogP contribution is -2.37. The number of fused-ring (bicyclic) bond motifs is 1. The summed E-state index contributed by atoms with van der Waals surface area (Å²) in [5.74, 6) is 1.48. The molecule has 1 saturated carbocycles. The number of hydrogen-bond donors (Lipinski definition) is 2. The molecule has 6 heteroatoms. The Hall–Kier alpha value is -3.77. The van der Waals surface area contributed by atoms with E-state index in [1.54, 1.807) is 13.3 Å². The van der Waals surface area contributed by atoms with E-state index < -0.39 is 0 Å². The normalized spacial score (nSPS) is 18.3. The number of benzene rings is 2. The Kier molecular flexibility index (Phi) is 7.76. The molecule has 190 valence electrons. The third kappa shape index (κ3) is 5.81. The van der Waals surface area contributed by atoms with E-state index in [2.05, 4.69) is 40.6 Å². The number of rotatable bonds is 8. The van der Waals surface area contributed by atoms with Gasteiger partial charge in [0, 0.05) is 23.7 Å². The number of nitrogens with zero attached hydrogens (tertiary/aromatic N) is 2. The summed E-state index contributed by atoms with van der Waals surface area (Å²) in [5, 5.41) is 4.31. The standard InChI is InChI=1S/C31H34N4O2/c1-37-30-14-16-33-27-12-11-24(18-26(27)30)25-13-15-34-28(19-25)29(17-21-5-3-2-4-6-21)35-31(36)23-9-7-22(20-32)8-10-23/h2-6,11-16,18-19,22-23,29H,7-10,17,20,32H2,1H3,(H,35,36). The Morgan fingerprint density at radius 1 is 0.973 bits per heavy atom. The molecular formula is C31H34N4O2. The van der Waals surface area contributed by atoms with Crippen LogP contribution in [0.4, 0.5) is 0 Å².